The minimum atomic E-state index is -0.583. The lowest BCUT2D eigenvalue weighted by Gasteiger charge is -2.42. The lowest BCUT2D eigenvalue weighted by Crippen LogP contribution is -2.62. The summed E-state index contributed by atoms with van der Waals surface area (Å²) in [6.07, 6.45) is 2.34. The number of carbonyl (C=O) groups is 1. The van der Waals surface area contributed by atoms with E-state index in [1.165, 1.54) is 20.0 Å². The Bertz CT molecular complexity index is 333. The second-order valence-corrected chi connectivity index (χ2v) is 6.32. The topological polar surface area (TPSA) is 44.8 Å². The molecular formula is C14H27N3O2. The molecule has 1 N–H and O–H groups in total. The maximum Gasteiger partial charge on any atom is 0.327 e. The first-order chi connectivity index (χ1) is 8.94. The van der Waals surface area contributed by atoms with Crippen LogP contribution in [0, 0.1) is 0 Å². The molecule has 2 aliphatic rings. The lowest BCUT2D eigenvalue weighted by molar-refractivity contribution is -0.149. The fourth-order valence-corrected chi connectivity index (χ4v) is 2.89. The predicted molar refractivity (Wildman–Crippen MR) is 75.1 cm³/mol. The predicted octanol–water partition coefficient (Wildman–Crippen LogP) is 0.306. The number of piperazine rings is 1. The van der Waals surface area contributed by atoms with Crippen LogP contribution in [-0.4, -0.2) is 73.7 Å². The van der Waals surface area contributed by atoms with Crippen molar-refractivity contribution in [3.63, 3.8) is 0 Å². The maximum atomic E-state index is 12.1. The molecule has 2 unspecified atom stereocenters. The molecule has 1 saturated carbocycles. The van der Waals surface area contributed by atoms with Crippen LogP contribution in [0.4, 0.5) is 0 Å². The van der Waals surface area contributed by atoms with E-state index in [2.05, 4.69) is 29.1 Å². The Hall–Kier alpha value is -0.650. The first kappa shape index (κ1) is 14.8. The number of rotatable bonds is 5. The quantitative estimate of drug-likeness (QED) is 0.728. The van der Waals surface area contributed by atoms with Gasteiger partial charge in [0.1, 0.15) is 5.54 Å². The third kappa shape index (κ3) is 3.68. The van der Waals surface area contributed by atoms with Gasteiger partial charge >= 0.3 is 5.97 Å². The van der Waals surface area contributed by atoms with E-state index in [9.17, 15) is 4.79 Å². The van der Waals surface area contributed by atoms with E-state index in [4.69, 9.17) is 4.74 Å². The first-order valence-electron chi connectivity index (χ1n) is 7.23. The van der Waals surface area contributed by atoms with E-state index in [0.29, 0.717) is 12.1 Å². The number of hydrogen-bond acceptors (Lipinski definition) is 5. The molecule has 1 heterocycles. The van der Waals surface area contributed by atoms with Crippen molar-refractivity contribution in [1.29, 1.82) is 0 Å². The van der Waals surface area contributed by atoms with Gasteiger partial charge in [-0.25, -0.2) is 0 Å². The largest absolute Gasteiger partial charge is 0.468 e. The molecule has 1 saturated heterocycles. The summed E-state index contributed by atoms with van der Waals surface area (Å²) in [6.45, 7) is 8.06. The first-order valence-corrected chi connectivity index (χ1v) is 7.23. The van der Waals surface area contributed by atoms with Crippen LogP contribution in [0.25, 0.3) is 0 Å². The average Bonchev–Trinajstić information content (AvgIpc) is 3.15. The van der Waals surface area contributed by atoms with Crippen LogP contribution in [0.3, 0.4) is 0 Å². The van der Waals surface area contributed by atoms with E-state index >= 15 is 0 Å². The van der Waals surface area contributed by atoms with Gasteiger partial charge in [-0.2, -0.15) is 0 Å². The van der Waals surface area contributed by atoms with Crippen molar-refractivity contribution in [3.05, 3.63) is 0 Å². The molecule has 2 fully saturated rings. The van der Waals surface area contributed by atoms with Crippen molar-refractivity contribution >= 4 is 5.97 Å². The highest BCUT2D eigenvalue weighted by Crippen LogP contribution is 2.24. The fraction of sp³-hybridized carbons (Fsp3) is 0.929. The molecule has 0 aromatic carbocycles. The van der Waals surface area contributed by atoms with Crippen molar-refractivity contribution in [2.24, 2.45) is 0 Å². The SMILES string of the molecule is COC(=O)C(C)(CN1CCN(C)CC1C)NC1CC1. The summed E-state index contributed by atoms with van der Waals surface area (Å²) in [5.74, 6) is -0.148. The molecule has 0 spiro atoms. The van der Waals surface area contributed by atoms with Crippen molar-refractivity contribution in [2.45, 2.75) is 44.3 Å². The molecule has 1 aliphatic heterocycles. The van der Waals surface area contributed by atoms with Crippen LogP contribution in [0.15, 0.2) is 0 Å². The zero-order valence-electron chi connectivity index (χ0n) is 12.6. The van der Waals surface area contributed by atoms with Crippen LogP contribution in [0.5, 0.6) is 0 Å². The van der Waals surface area contributed by atoms with Gasteiger partial charge in [0.15, 0.2) is 0 Å². The van der Waals surface area contributed by atoms with Gasteiger partial charge in [0.2, 0.25) is 0 Å². The summed E-state index contributed by atoms with van der Waals surface area (Å²) in [5.41, 5.74) is -0.583. The molecular weight excluding hydrogens is 242 g/mol. The van der Waals surface area contributed by atoms with E-state index in [1.54, 1.807) is 0 Å². The summed E-state index contributed by atoms with van der Waals surface area (Å²) in [5, 5.41) is 3.47. The molecule has 0 bridgehead atoms. The highest BCUT2D eigenvalue weighted by molar-refractivity contribution is 5.80. The Kier molecular flexibility index (Phi) is 4.48. The smallest absolute Gasteiger partial charge is 0.327 e. The van der Waals surface area contributed by atoms with Gasteiger partial charge in [-0.15, -0.1) is 0 Å². The second-order valence-electron chi connectivity index (χ2n) is 6.32. The Labute approximate surface area is 116 Å². The number of likely N-dealkylation sites (N-methyl/N-ethyl adjacent to an activating group) is 1. The molecule has 0 aromatic rings. The summed E-state index contributed by atoms with van der Waals surface area (Å²) in [4.78, 5) is 16.9. The van der Waals surface area contributed by atoms with E-state index in [1.807, 2.05) is 6.92 Å². The standard InChI is InChI=1S/C14H27N3O2/c1-11-9-16(3)7-8-17(11)10-14(2,13(18)19-4)15-12-5-6-12/h11-12,15H,5-10H2,1-4H3. The van der Waals surface area contributed by atoms with Gasteiger partial charge in [0.25, 0.3) is 0 Å². The van der Waals surface area contributed by atoms with Crippen molar-refractivity contribution in [1.82, 2.24) is 15.1 Å². The molecule has 2 atom stereocenters. The Morgan fingerprint density at radius 3 is 2.63 bits per heavy atom. The molecule has 19 heavy (non-hydrogen) atoms. The van der Waals surface area contributed by atoms with Crippen molar-refractivity contribution in [2.75, 3.05) is 40.3 Å². The van der Waals surface area contributed by atoms with Crippen LogP contribution >= 0.6 is 0 Å². The van der Waals surface area contributed by atoms with Crippen LogP contribution in [0.1, 0.15) is 26.7 Å². The van der Waals surface area contributed by atoms with Gasteiger partial charge in [-0.05, 0) is 33.7 Å². The number of nitrogens with one attached hydrogen (secondary N) is 1. The van der Waals surface area contributed by atoms with Gasteiger partial charge in [-0.3, -0.25) is 15.0 Å². The summed E-state index contributed by atoms with van der Waals surface area (Å²) < 4.78 is 5.00. The van der Waals surface area contributed by atoms with Crippen LogP contribution < -0.4 is 5.32 Å². The molecule has 5 nitrogen and oxygen atoms in total. The van der Waals surface area contributed by atoms with E-state index < -0.39 is 5.54 Å². The van der Waals surface area contributed by atoms with Gasteiger partial charge in [0.05, 0.1) is 7.11 Å². The Morgan fingerprint density at radius 2 is 2.11 bits per heavy atom. The minimum Gasteiger partial charge on any atom is -0.468 e. The number of esters is 1. The summed E-state index contributed by atoms with van der Waals surface area (Å²) in [6, 6.07) is 0.968. The highest BCUT2D eigenvalue weighted by Gasteiger charge is 2.41. The number of nitrogens with zero attached hydrogens (tertiary/aromatic N) is 2. The van der Waals surface area contributed by atoms with Crippen LogP contribution in [-0.2, 0) is 9.53 Å². The van der Waals surface area contributed by atoms with Crippen molar-refractivity contribution in [3.8, 4) is 0 Å². The second kappa shape index (κ2) is 5.77. The Morgan fingerprint density at radius 1 is 1.42 bits per heavy atom. The normalized spacial score (nSPS) is 28.9. The maximum absolute atomic E-state index is 12.1. The molecule has 0 aromatic heterocycles. The van der Waals surface area contributed by atoms with E-state index in [0.717, 1.165) is 26.2 Å². The molecule has 1 aliphatic carbocycles. The molecule has 110 valence electrons. The summed E-state index contributed by atoms with van der Waals surface area (Å²) >= 11 is 0. The molecule has 5 heteroatoms. The third-order valence-electron chi connectivity index (χ3n) is 4.22. The van der Waals surface area contributed by atoms with Gasteiger partial charge in [-0.1, -0.05) is 0 Å². The zero-order valence-corrected chi connectivity index (χ0v) is 12.6. The van der Waals surface area contributed by atoms with Gasteiger partial charge < -0.3 is 9.64 Å². The fourth-order valence-electron chi connectivity index (χ4n) is 2.89. The monoisotopic (exact) mass is 269 g/mol. The van der Waals surface area contributed by atoms with Gasteiger partial charge in [0, 0.05) is 38.3 Å². The van der Waals surface area contributed by atoms with Crippen molar-refractivity contribution < 1.29 is 9.53 Å². The van der Waals surface area contributed by atoms with Crippen LogP contribution in [0.2, 0.25) is 0 Å². The number of hydrogen-bond donors (Lipinski definition) is 1. The summed E-state index contributed by atoms with van der Waals surface area (Å²) in [7, 11) is 3.62. The number of methoxy groups -OCH3 is 1. The Balaban J connectivity index is 2.00. The molecule has 0 radical (unpaired) electrons. The minimum absolute atomic E-state index is 0.148. The number of carbonyl (C=O) groups excluding carboxylic acids is 1. The number of ether oxygens (including phenoxy) is 1. The van der Waals surface area contributed by atoms with E-state index in [-0.39, 0.29) is 5.97 Å². The average molecular weight is 269 g/mol. The zero-order chi connectivity index (χ0) is 14.0. The molecule has 2 rings (SSSR count). The lowest BCUT2D eigenvalue weighted by atomic mass is 9.99. The highest BCUT2D eigenvalue weighted by atomic mass is 16.5. The molecule has 0 amide bonds. The third-order valence-corrected chi connectivity index (χ3v) is 4.22.